The third-order valence-electron chi connectivity index (χ3n) is 4.06. The molecule has 0 aromatic heterocycles. The molecule has 6 heteroatoms. The molecule has 0 aliphatic carbocycles. The van der Waals surface area contributed by atoms with Crippen LogP contribution in [0.3, 0.4) is 0 Å². The maximum absolute atomic E-state index is 5.63. The zero-order valence-electron chi connectivity index (χ0n) is 13.6. The summed E-state index contributed by atoms with van der Waals surface area (Å²) in [5.74, 6) is 0.480. The van der Waals surface area contributed by atoms with E-state index in [0.717, 1.165) is 13.1 Å². The van der Waals surface area contributed by atoms with E-state index in [4.69, 9.17) is 5.73 Å². The molecule has 2 rings (SSSR count). The Hall–Kier alpha value is -0.860. The molecule has 124 valence electrons. The maximum Gasteiger partial charge on any atom is 0.188 e. The summed E-state index contributed by atoms with van der Waals surface area (Å²) in [5, 5.41) is 3.07. The molecule has 0 spiro atoms. The van der Waals surface area contributed by atoms with Crippen LogP contribution in [-0.4, -0.2) is 55.5 Å². The van der Waals surface area contributed by atoms with Crippen molar-refractivity contribution in [3.05, 3.63) is 35.4 Å². The largest absolute Gasteiger partial charge is 0.370 e. The predicted octanol–water partition coefficient (Wildman–Crippen LogP) is 1.48. The Morgan fingerprint density at radius 3 is 2.18 bits per heavy atom. The molecule has 5 nitrogen and oxygen atoms in total. The molecule has 0 amide bonds. The molecular weight excluding hydrogens is 389 g/mol. The van der Waals surface area contributed by atoms with Crippen LogP contribution in [0.5, 0.6) is 0 Å². The molecule has 1 saturated heterocycles. The number of hydrogen-bond donors (Lipinski definition) is 2. The minimum atomic E-state index is 0. The first-order valence-corrected chi connectivity index (χ1v) is 7.70. The van der Waals surface area contributed by atoms with Crippen LogP contribution in [0, 0.1) is 0 Å². The van der Waals surface area contributed by atoms with Crippen LogP contribution in [0.1, 0.15) is 18.1 Å². The van der Waals surface area contributed by atoms with E-state index in [1.54, 1.807) is 7.05 Å². The number of guanidine groups is 1. The summed E-state index contributed by atoms with van der Waals surface area (Å²) in [6, 6.07) is 8.74. The Bertz CT molecular complexity index is 452. The van der Waals surface area contributed by atoms with Crippen molar-refractivity contribution in [1.82, 2.24) is 15.1 Å². The second kappa shape index (κ2) is 10.0. The second-order valence-corrected chi connectivity index (χ2v) is 5.49. The molecule has 0 saturated carbocycles. The molecule has 0 bridgehead atoms. The third-order valence-corrected chi connectivity index (χ3v) is 4.06. The van der Waals surface area contributed by atoms with Gasteiger partial charge in [0, 0.05) is 46.3 Å². The lowest BCUT2D eigenvalue weighted by molar-refractivity contribution is 0.132. The van der Waals surface area contributed by atoms with Crippen molar-refractivity contribution >= 4 is 29.9 Å². The molecule has 3 N–H and O–H groups in total. The van der Waals surface area contributed by atoms with Gasteiger partial charge < -0.3 is 16.0 Å². The number of nitrogens with zero attached hydrogens (tertiary/aromatic N) is 3. The van der Waals surface area contributed by atoms with Gasteiger partial charge in [0.2, 0.25) is 0 Å². The van der Waals surface area contributed by atoms with Gasteiger partial charge in [0.15, 0.2) is 5.96 Å². The summed E-state index contributed by atoms with van der Waals surface area (Å²) in [7, 11) is 1.68. The SMILES string of the molecule is CCN1CCN(Cc2ccc(CNC(N)=NC)cc2)CC1.I. The smallest absolute Gasteiger partial charge is 0.188 e. The van der Waals surface area contributed by atoms with Crippen LogP contribution in [0.15, 0.2) is 29.3 Å². The average molecular weight is 417 g/mol. The number of halogens is 1. The summed E-state index contributed by atoms with van der Waals surface area (Å²) in [5.41, 5.74) is 8.22. The van der Waals surface area contributed by atoms with Crippen molar-refractivity contribution in [2.45, 2.75) is 20.0 Å². The Morgan fingerprint density at radius 1 is 1.09 bits per heavy atom. The van der Waals surface area contributed by atoms with Crippen molar-refractivity contribution in [3.8, 4) is 0 Å². The van der Waals surface area contributed by atoms with E-state index in [1.807, 2.05) is 0 Å². The minimum absolute atomic E-state index is 0. The molecule has 1 aliphatic rings. The van der Waals surface area contributed by atoms with Crippen LogP contribution in [-0.2, 0) is 13.1 Å². The number of rotatable bonds is 5. The van der Waals surface area contributed by atoms with Gasteiger partial charge in [-0.05, 0) is 17.7 Å². The fourth-order valence-electron chi connectivity index (χ4n) is 2.56. The topological polar surface area (TPSA) is 56.9 Å². The molecule has 1 aromatic rings. The molecular formula is C16H28IN5. The van der Waals surface area contributed by atoms with Crippen LogP contribution in [0.25, 0.3) is 0 Å². The quantitative estimate of drug-likeness (QED) is 0.433. The Balaban J connectivity index is 0.00000242. The predicted molar refractivity (Wildman–Crippen MR) is 104 cm³/mol. The summed E-state index contributed by atoms with van der Waals surface area (Å²) in [6.07, 6.45) is 0. The van der Waals surface area contributed by atoms with Gasteiger partial charge in [-0.25, -0.2) is 0 Å². The molecule has 1 aromatic carbocycles. The fraction of sp³-hybridized carbons (Fsp3) is 0.562. The number of benzene rings is 1. The second-order valence-electron chi connectivity index (χ2n) is 5.49. The number of likely N-dealkylation sites (N-methyl/N-ethyl adjacent to an activating group) is 1. The van der Waals surface area contributed by atoms with E-state index in [1.165, 1.54) is 43.9 Å². The van der Waals surface area contributed by atoms with Gasteiger partial charge in [-0.2, -0.15) is 0 Å². The van der Waals surface area contributed by atoms with E-state index in [9.17, 15) is 0 Å². The lowest BCUT2D eigenvalue weighted by Gasteiger charge is -2.34. The van der Waals surface area contributed by atoms with Crippen LogP contribution in [0.2, 0.25) is 0 Å². The Labute approximate surface area is 151 Å². The highest BCUT2D eigenvalue weighted by Crippen LogP contribution is 2.10. The van der Waals surface area contributed by atoms with E-state index >= 15 is 0 Å². The molecule has 1 fully saturated rings. The number of aliphatic imine (C=N–C) groups is 1. The molecule has 1 aliphatic heterocycles. The van der Waals surface area contributed by atoms with Crippen molar-refractivity contribution in [3.63, 3.8) is 0 Å². The molecule has 0 unspecified atom stereocenters. The normalized spacial score (nSPS) is 17.1. The van der Waals surface area contributed by atoms with Crippen molar-refractivity contribution in [2.24, 2.45) is 10.7 Å². The van der Waals surface area contributed by atoms with Gasteiger partial charge in [0.1, 0.15) is 0 Å². The first-order valence-electron chi connectivity index (χ1n) is 7.70. The van der Waals surface area contributed by atoms with Gasteiger partial charge in [-0.3, -0.25) is 9.89 Å². The highest BCUT2D eigenvalue weighted by Gasteiger charge is 2.15. The number of nitrogens with two attached hydrogens (primary N) is 1. The van der Waals surface area contributed by atoms with Crippen LogP contribution in [0.4, 0.5) is 0 Å². The summed E-state index contributed by atoms with van der Waals surface area (Å²) >= 11 is 0. The zero-order valence-corrected chi connectivity index (χ0v) is 15.9. The van der Waals surface area contributed by atoms with Gasteiger partial charge >= 0.3 is 0 Å². The highest BCUT2D eigenvalue weighted by atomic mass is 127. The number of piperazine rings is 1. The zero-order chi connectivity index (χ0) is 15.1. The van der Waals surface area contributed by atoms with Crippen LogP contribution >= 0.6 is 24.0 Å². The summed E-state index contributed by atoms with van der Waals surface area (Å²) < 4.78 is 0. The summed E-state index contributed by atoms with van der Waals surface area (Å²) in [4.78, 5) is 8.92. The van der Waals surface area contributed by atoms with E-state index in [-0.39, 0.29) is 24.0 Å². The van der Waals surface area contributed by atoms with Crippen molar-refractivity contribution in [2.75, 3.05) is 39.8 Å². The lowest BCUT2D eigenvalue weighted by atomic mass is 10.1. The van der Waals surface area contributed by atoms with Gasteiger partial charge in [-0.1, -0.05) is 31.2 Å². The van der Waals surface area contributed by atoms with Gasteiger partial charge in [0.25, 0.3) is 0 Å². The van der Waals surface area contributed by atoms with Crippen molar-refractivity contribution < 1.29 is 0 Å². The lowest BCUT2D eigenvalue weighted by Crippen LogP contribution is -2.45. The third kappa shape index (κ3) is 6.10. The van der Waals surface area contributed by atoms with E-state index in [0.29, 0.717) is 5.96 Å². The van der Waals surface area contributed by atoms with Gasteiger partial charge in [-0.15, -0.1) is 24.0 Å². The molecule has 22 heavy (non-hydrogen) atoms. The van der Waals surface area contributed by atoms with Crippen LogP contribution < -0.4 is 11.1 Å². The minimum Gasteiger partial charge on any atom is -0.370 e. The van der Waals surface area contributed by atoms with E-state index in [2.05, 4.69) is 51.3 Å². The van der Waals surface area contributed by atoms with Crippen molar-refractivity contribution in [1.29, 1.82) is 0 Å². The average Bonchev–Trinajstić information content (AvgIpc) is 2.54. The molecule has 0 radical (unpaired) electrons. The van der Waals surface area contributed by atoms with E-state index < -0.39 is 0 Å². The number of hydrogen-bond acceptors (Lipinski definition) is 3. The molecule has 1 heterocycles. The Kier molecular flexibility index (Phi) is 8.74. The maximum atomic E-state index is 5.63. The molecule has 0 atom stereocenters. The monoisotopic (exact) mass is 417 g/mol. The number of nitrogens with one attached hydrogen (secondary N) is 1. The Morgan fingerprint density at radius 2 is 1.64 bits per heavy atom. The van der Waals surface area contributed by atoms with Gasteiger partial charge in [0.05, 0.1) is 0 Å². The first-order chi connectivity index (χ1) is 10.2. The highest BCUT2D eigenvalue weighted by molar-refractivity contribution is 14.0. The summed E-state index contributed by atoms with van der Waals surface area (Å²) in [6.45, 7) is 9.88. The fourth-order valence-corrected chi connectivity index (χ4v) is 2.56. The first kappa shape index (κ1) is 19.2. The standard InChI is InChI=1S/C16H27N5.HI/c1-3-20-8-10-21(11-9-20)13-15-6-4-14(5-7-15)12-19-16(17)18-2;/h4-7H,3,8-13H2,1-2H3,(H3,17,18,19);1H.